The smallest absolute Gasteiger partial charge is 0.243 e. The van der Waals surface area contributed by atoms with Crippen molar-refractivity contribution in [1.82, 2.24) is 4.31 Å². The van der Waals surface area contributed by atoms with Gasteiger partial charge in [0.05, 0.1) is 4.90 Å². The van der Waals surface area contributed by atoms with Crippen molar-refractivity contribution in [1.29, 1.82) is 0 Å². The first-order chi connectivity index (χ1) is 12.6. The summed E-state index contributed by atoms with van der Waals surface area (Å²) in [5.41, 5.74) is 3.37. The van der Waals surface area contributed by atoms with Crippen molar-refractivity contribution in [2.75, 3.05) is 11.9 Å². The summed E-state index contributed by atoms with van der Waals surface area (Å²) in [5.74, 6) is -0.250. The molecule has 1 saturated heterocycles. The number of nitrogens with zero attached hydrogens (tertiary/aromatic N) is 1. The molecule has 4 rings (SSSR count). The minimum absolute atomic E-state index is 0.234. The molecule has 1 heterocycles. The Morgan fingerprint density at radius 2 is 1.77 bits per heavy atom. The molecule has 1 N–H and O–H groups in total. The number of nitrogens with one attached hydrogen (secondary N) is 1. The van der Waals surface area contributed by atoms with Gasteiger partial charge in [-0.25, -0.2) is 8.42 Å². The van der Waals surface area contributed by atoms with Gasteiger partial charge in [0, 0.05) is 12.2 Å². The van der Waals surface area contributed by atoms with E-state index in [1.807, 2.05) is 12.1 Å². The number of aryl methyl sites for hydroxylation is 2. The molecule has 1 fully saturated rings. The Bertz CT molecular complexity index is 925. The van der Waals surface area contributed by atoms with Crippen LogP contribution in [0.2, 0.25) is 0 Å². The lowest BCUT2D eigenvalue weighted by Gasteiger charge is -2.23. The molecular weight excluding hydrogens is 348 g/mol. The molecule has 6 heteroatoms. The minimum Gasteiger partial charge on any atom is -0.325 e. The number of carbonyl (C=O) groups excluding carboxylic acids is 1. The summed E-state index contributed by atoms with van der Waals surface area (Å²) in [6.45, 7) is 0.375. The molecule has 1 aliphatic carbocycles. The van der Waals surface area contributed by atoms with Crippen LogP contribution in [0.5, 0.6) is 0 Å². The van der Waals surface area contributed by atoms with Gasteiger partial charge in [0.15, 0.2) is 0 Å². The fourth-order valence-corrected chi connectivity index (χ4v) is 5.57. The molecule has 136 valence electrons. The van der Waals surface area contributed by atoms with Crippen LogP contribution in [-0.2, 0) is 27.7 Å². The largest absolute Gasteiger partial charge is 0.325 e. The number of anilines is 1. The fourth-order valence-electron chi connectivity index (χ4n) is 3.89. The Morgan fingerprint density at radius 3 is 2.58 bits per heavy atom. The lowest BCUT2D eigenvalue weighted by atomic mass is 10.1. The maximum absolute atomic E-state index is 12.9. The number of benzene rings is 2. The number of hydrogen-bond donors (Lipinski definition) is 1. The van der Waals surface area contributed by atoms with Crippen LogP contribution in [0.15, 0.2) is 53.4 Å². The van der Waals surface area contributed by atoms with Crippen LogP contribution in [-0.4, -0.2) is 31.2 Å². The van der Waals surface area contributed by atoms with Gasteiger partial charge < -0.3 is 5.32 Å². The first-order valence-corrected chi connectivity index (χ1v) is 10.5. The SMILES string of the molecule is O=C(Nc1ccc2c(c1)CCC2)C1CCCN1S(=O)(=O)c1ccccc1. The number of rotatable bonds is 4. The first-order valence-electron chi connectivity index (χ1n) is 9.05. The summed E-state index contributed by atoms with van der Waals surface area (Å²) >= 11 is 0. The molecule has 0 radical (unpaired) electrons. The molecule has 2 aromatic carbocycles. The summed E-state index contributed by atoms with van der Waals surface area (Å²) in [4.78, 5) is 13.0. The van der Waals surface area contributed by atoms with Crippen molar-refractivity contribution in [2.24, 2.45) is 0 Å². The van der Waals surface area contributed by atoms with Crippen molar-refractivity contribution in [3.8, 4) is 0 Å². The molecule has 1 atom stereocenters. The van der Waals surface area contributed by atoms with Crippen LogP contribution >= 0.6 is 0 Å². The van der Waals surface area contributed by atoms with Crippen molar-refractivity contribution in [3.63, 3.8) is 0 Å². The zero-order valence-electron chi connectivity index (χ0n) is 14.5. The van der Waals surface area contributed by atoms with E-state index in [2.05, 4.69) is 11.4 Å². The number of amides is 1. The lowest BCUT2D eigenvalue weighted by Crippen LogP contribution is -2.43. The Morgan fingerprint density at radius 1 is 1.00 bits per heavy atom. The van der Waals surface area contributed by atoms with Gasteiger partial charge in [-0.05, 0) is 67.5 Å². The van der Waals surface area contributed by atoms with Crippen LogP contribution in [0.1, 0.15) is 30.4 Å². The van der Waals surface area contributed by atoms with E-state index < -0.39 is 16.1 Å². The zero-order valence-corrected chi connectivity index (χ0v) is 15.3. The minimum atomic E-state index is -3.66. The Labute approximate surface area is 154 Å². The van der Waals surface area contributed by atoms with Crippen LogP contribution in [0.25, 0.3) is 0 Å². The van der Waals surface area contributed by atoms with E-state index in [9.17, 15) is 13.2 Å². The number of carbonyl (C=O) groups is 1. The van der Waals surface area contributed by atoms with Crippen molar-refractivity contribution < 1.29 is 13.2 Å². The van der Waals surface area contributed by atoms with Crippen molar-refractivity contribution in [3.05, 3.63) is 59.7 Å². The summed E-state index contributed by atoms with van der Waals surface area (Å²) < 4.78 is 27.1. The Balaban J connectivity index is 1.54. The number of sulfonamides is 1. The second-order valence-electron chi connectivity index (χ2n) is 6.91. The molecular formula is C20H22N2O3S. The molecule has 0 bridgehead atoms. The van der Waals surface area contributed by atoms with Crippen LogP contribution in [0.3, 0.4) is 0 Å². The standard InChI is InChI=1S/C20H22N2O3S/c23-20(21-17-12-11-15-6-4-7-16(15)14-17)19-10-5-13-22(19)26(24,25)18-8-2-1-3-9-18/h1-3,8-9,11-12,14,19H,4-7,10,13H2,(H,21,23). The van der Waals surface area contributed by atoms with E-state index in [-0.39, 0.29) is 10.8 Å². The molecule has 2 aromatic rings. The van der Waals surface area contributed by atoms with Crippen molar-refractivity contribution in [2.45, 2.75) is 43.0 Å². The van der Waals surface area contributed by atoms with Gasteiger partial charge in [0.25, 0.3) is 0 Å². The molecule has 1 amide bonds. The van der Waals surface area contributed by atoms with E-state index in [0.717, 1.165) is 24.9 Å². The third-order valence-electron chi connectivity index (χ3n) is 5.22. The van der Waals surface area contributed by atoms with E-state index in [4.69, 9.17) is 0 Å². The Hall–Kier alpha value is -2.18. The third-order valence-corrected chi connectivity index (χ3v) is 7.14. The topological polar surface area (TPSA) is 66.5 Å². The maximum Gasteiger partial charge on any atom is 0.243 e. The average molecular weight is 370 g/mol. The number of hydrogen-bond acceptors (Lipinski definition) is 3. The fraction of sp³-hybridized carbons (Fsp3) is 0.350. The lowest BCUT2D eigenvalue weighted by molar-refractivity contribution is -0.119. The predicted molar refractivity (Wildman–Crippen MR) is 100 cm³/mol. The normalized spacial score (nSPS) is 20.1. The van der Waals surface area contributed by atoms with Gasteiger partial charge in [-0.3, -0.25) is 4.79 Å². The highest BCUT2D eigenvalue weighted by molar-refractivity contribution is 7.89. The Kier molecular flexibility index (Phi) is 4.54. The highest BCUT2D eigenvalue weighted by Gasteiger charge is 2.39. The summed E-state index contributed by atoms with van der Waals surface area (Å²) in [7, 11) is -3.66. The number of fused-ring (bicyclic) bond motifs is 1. The van der Waals surface area contributed by atoms with Crippen molar-refractivity contribution >= 4 is 21.6 Å². The second kappa shape index (κ2) is 6.85. The third kappa shape index (κ3) is 3.15. The van der Waals surface area contributed by atoms with Gasteiger partial charge in [0.2, 0.25) is 15.9 Å². The molecule has 5 nitrogen and oxygen atoms in total. The molecule has 1 aliphatic heterocycles. The van der Waals surface area contributed by atoms with Gasteiger partial charge >= 0.3 is 0 Å². The molecule has 2 aliphatic rings. The molecule has 0 saturated carbocycles. The van der Waals surface area contributed by atoms with E-state index in [1.54, 1.807) is 30.3 Å². The molecule has 1 unspecified atom stereocenters. The van der Waals surface area contributed by atoms with E-state index in [0.29, 0.717) is 19.4 Å². The first kappa shape index (κ1) is 17.2. The van der Waals surface area contributed by atoms with Crippen LogP contribution in [0.4, 0.5) is 5.69 Å². The van der Waals surface area contributed by atoms with Gasteiger partial charge in [-0.2, -0.15) is 4.31 Å². The highest BCUT2D eigenvalue weighted by Crippen LogP contribution is 2.28. The molecule has 0 spiro atoms. The van der Waals surface area contributed by atoms with E-state index >= 15 is 0 Å². The van der Waals surface area contributed by atoms with Crippen LogP contribution in [0, 0.1) is 0 Å². The summed E-state index contributed by atoms with van der Waals surface area (Å²) in [5, 5.41) is 2.92. The second-order valence-corrected chi connectivity index (χ2v) is 8.80. The van der Waals surface area contributed by atoms with E-state index in [1.165, 1.54) is 15.4 Å². The monoisotopic (exact) mass is 370 g/mol. The predicted octanol–water partition coefficient (Wildman–Crippen LogP) is 2.97. The quantitative estimate of drug-likeness (QED) is 0.900. The van der Waals surface area contributed by atoms with Gasteiger partial charge in [-0.1, -0.05) is 24.3 Å². The average Bonchev–Trinajstić information content (AvgIpc) is 3.31. The molecule has 0 aromatic heterocycles. The highest BCUT2D eigenvalue weighted by atomic mass is 32.2. The molecule has 26 heavy (non-hydrogen) atoms. The summed E-state index contributed by atoms with van der Waals surface area (Å²) in [6, 6.07) is 13.6. The van der Waals surface area contributed by atoms with Gasteiger partial charge in [-0.15, -0.1) is 0 Å². The maximum atomic E-state index is 12.9. The zero-order chi connectivity index (χ0) is 18.1. The van der Waals surface area contributed by atoms with Crippen LogP contribution < -0.4 is 5.32 Å². The summed E-state index contributed by atoms with van der Waals surface area (Å²) in [6.07, 6.45) is 4.52. The van der Waals surface area contributed by atoms with Gasteiger partial charge in [0.1, 0.15) is 6.04 Å².